The standard InChI is InChI=1S/C16H24F2/c1-4-6-9-13(8-5-2)14-10-7-11-15(12-14)16(3,17)18/h7,10-13H,4-6,8-9H2,1-3H3. The van der Waals surface area contributed by atoms with Crippen molar-refractivity contribution in [2.75, 3.05) is 0 Å². The fourth-order valence-electron chi connectivity index (χ4n) is 2.34. The van der Waals surface area contributed by atoms with E-state index < -0.39 is 5.92 Å². The van der Waals surface area contributed by atoms with E-state index in [0.29, 0.717) is 5.92 Å². The van der Waals surface area contributed by atoms with Crippen LogP contribution in [0.4, 0.5) is 8.78 Å². The van der Waals surface area contributed by atoms with Crippen LogP contribution in [0.1, 0.15) is 69.9 Å². The van der Waals surface area contributed by atoms with Crippen molar-refractivity contribution in [2.45, 2.75) is 64.7 Å². The summed E-state index contributed by atoms with van der Waals surface area (Å²) in [5.74, 6) is -2.31. The minimum absolute atomic E-state index is 0.137. The van der Waals surface area contributed by atoms with Crippen molar-refractivity contribution in [3.8, 4) is 0 Å². The molecule has 1 aromatic carbocycles. The van der Waals surface area contributed by atoms with E-state index in [0.717, 1.165) is 44.6 Å². The minimum atomic E-state index is -2.74. The van der Waals surface area contributed by atoms with E-state index in [1.807, 2.05) is 6.07 Å². The predicted octanol–water partition coefficient (Wildman–Crippen LogP) is 5.87. The molecule has 0 saturated carbocycles. The number of hydrogen-bond donors (Lipinski definition) is 0. The highest BCUT2D eigenvalue weighted by molar-refractivity contribution is 5.29. The lowest BCUT2D eigenvalue weighted by Gasteiger charge is -2.19. The molecule has 1 aromatic rings. The average molecular weight is 254 g/mol. The average Bonchev–Trinajstić information content (AvgIpc) is 2.33. The molecular formula is C16H24F2. The first-order valence-electron chi connectivity index (χ1n) is 6.97. The molecule has 0 bridgehead atoms. The SMILES string of the molecule is CCCCC(CCC)c1cccc(C(C)(F)F)c1. The summed E-state index contributed by atoms with van der Waals surface area (Å²) in [6.45, 7) is 5.28. The van der Waals surface area contributed by atoms with E-state index in [9.17, 15) is 8.78 Å². The lowest BCUT2D eigenvalue weighted by Crippen LogP contribution is -2.08. The van der Waals surface area contributed by atoms with Crippen LogP contribution in [0.2, 0.25) is 0 Å². The Labute approximate surface area is 109 Å². The maximum Gasteiger partial charge on any atom is 0.270 e. The van der Waals surface area contributed by atoms with Crippen LogP contribution in [0.15, 0.2) is 24.3 Å². The van der Waals surface area contributed by atoms with E-state index in [1.54, 1.807) is 12.1 Å². The second-order valence-electron chi connectivity index (χ2n) is 5.14. The third kappa shape index (κ3) is 4.40. The molecule has 0 spiro atoms. The zero-order valence-corrected chi connectivity index (χ0v) is 11.7. The molecule has 0 aliphatic carbocycles. The molecule has 0 heterocycles. The molecule has 2 heteroatoms. The van der Waals surface area contributed by atoms with Gasteiger partial charge in [0.2, 0.25) is 0 Å². The normalized spacial score (nSPS) is 13.6. The van der Waals surface area contributed by atoms with Gasteiger partial charge in [-0.05, 0) is 30.4 Å². The van der Waals surface area contributed by atoms with Gasteiger partial charge in [0.25, 0.3) is 5.92 Å². The van der Waals surface area contributed by atoms with Gasteiger partial charge in [0, 0.05) is 12.5 Å². The molecule has 18 heavy (non-hydrogen) atoms. The number of unbranched alkanes of at least 4 members (excludes halogenated alkanes) is 1. The Balaban J connectivity index is 2.90. The lowest BCUT2D eigenvalue weighted by atomic mass is 9.88. The molecule has 0 radical (unpaired) electrons. The van der Waals surface area contributed by atoms with Crippen LogP contribution in [0.3, 0.4) is 0 Å². The van der Waals surface area contributed by atoms with Gasteiger partial charge in [0.15, 0.2) is 0 Å². The van der Waals surface area contributed by atoms with Crippen molar-refractivity contribution in [1.82, 2.24) is 0 Å². The molecule has 102 valence electrons. The van der Waals surface area contributed by atoms with Crippen molar-refractivity contribution in [3.05, 3.63) is 35.4 Å². The fraction of sp³-hybridized carbons (Fsp3) is 0.625. The fourth-order valence-corrected chi connectivity index (χ4v) is 2.34. The quantitative estimate of drug-likeness (QED) is 0.570. The van der Waals surface area contributed by atoms with Crippen LogP contribution in [0.25, 0.3) is 0 Å². The summed E-state index contributed by atoms with van der Waals surface area (Å²) in [7, 11) is 0. The van der Waals surface area contributed by atoms with Gasteiger partial charge in [-0.15, -0.1) is 0 Å². The summed E-state index contributed by atoms with van der Waals surface area (Å²) in [5.41, 5.74) is 1.21. The Morgan fingerprint density at radius 2 is 1.83 bits per heavy atom. The molecule has 0 amide bonds. The number of halogens is 2. The molecule has 0 aromatic heterocycles. The van der Waals surface area contributed by atoms with E-state index >= 15 is 0 Å². The summed E-state index contributed by atoms with van der Waals surface area (Å²) in [6, 6.07) is 6.96. The topological polar surface area (TPSA) is 0 Å². The molecule has 0 N–H and O–H groups in total. The summed E-state index contributed by atoms with van der Waals surface area (Å²) >= 11 is 0. The van der Waals surface area contributed by atoms with Gasteiger partial charge in [-0.2, -0.15) is 0 Å². The monoisotopic (exact) mass is 254 g/mol. The molecule has 0 fully saturated rings. The highest BCUT2D eigenvalue weighted by atomic mass is 19.3. The smallest absolute Gasteiger partial charge is 0.202 e. The van der Waals surface area contributed by atoms with Gasteiger partial charge in [0.1, 0.15) is 0 Å². The van der Waals surface area contributed by atoms with Crippen molar-refractivity contribution in [2.24, 2.45) is 0 Å². The molecule has 0 nitrogen and oxygen atoms in total. The maximum atomic E-state index is 13.3. The number of benzene rings is 1. The molecule has 1 unspecified atom stereocenters. The molecule has 1 atom stereocenters. The first-order valence-corrected chi connectivity index (χ1v) is 6.97. The highest BCUT2D eigenvalue weighted by Gasteiger charge is 2.25. The van der Waals surface area contributed by atoms with E-state index in [1.165, 1.54) is 6.07 Å². The van der Waals surface area contributed by atoms with Gasteiger partial charge in [-0.3, -0.25) is 0 Å². The first-order chi connectivity index (χ1) is 8.49. The van der Waals surface area contributed by atoms with Crippen molar-refractivity contribution >= 4 is 0 Å². The summed E-state index contributed by atoms with van der Waals surface area (Å²) in [6.07, 6.45) is 5.60. The van der Waals surface area contributed by atoms with Crippen molar-refractivity contribution in [3.63, 3.8) is 0 Å². The van der Waals surface area contributed by atoms with Crippen molar-refractivity contribution < 1.29 is 8.78 Å². The van der Waals surface area contributed by atoms with E-state index in [2.05, 4.69) is 13.8 Å². The second kappa shape index (κ2) is 6.86. The number of hydrogen-bond acceptors (Lipinski definition) is 0. The maximum absolute atomic E-state index is 13.3. The van der Waals surface area contributed by atoms with Gasteiger partial charge in [0.05, 0.1) is 0 Å². The Morgan fingerprint density at radius 3 is 2.39 bits per heavy atom. The van der Waals surface area contributed by atoms with Gasteiger partial charge in [-0.25, -0.2) is 8.78 Å². The zero-order valence-electron chi connectivity index (χ0n) is 11.7. The van der Waals surface area contributed by atoms with E-state index in [4.69, 9.17) is 0 Å². The molecule has 0 aliphatic heterocycles. The van der Waals surface area contributed by atoms with Crippen LogP contribution >= 0.6 is 0 Å². The zero-order chi connectivity index (χ0) is 13.6. The van der Waals surface area contributed by atoms with Crippen LogP contribution in [0.5, 0.6) is 0 Å². The largest absolute Gasteiger partial charge is 0.270 e. The lowest BCUT2D eigenvalue weighted by molar-refractivity contribution is 0.0173. The third-order valence-corrected chi connectivity index (χ3v) is 3.41. The Hall–Kier alpha value is -0.920. The van der Waals surface area contributed by atoms with Gasteiger partial charge in [-0.1, -0.05) is 51.3 Å². The van der Waals surface area contributed by atoms with Crippen LogP contribution in [-0.2, 0) is 5.92 Å². The number of alkyl halides is 2. The molecule has 0 saturated heterocycles. The summed E-state index contributed by atoms with van der Waals surface area (Å²) in [4.78, 5) is 0. The molecule has 0 aliphatic rings. The van der Waals surface area contributed by atoms with Crippen LogP contribution in [-0.4, -0.2) is 0 Å². The minimum Gasteiger partial charge on any atom is -0.202 e. The Bertz CT molecular complexity index is 352. The van der Waals surface area contributed by atoms with Crippen LogP contribution in [0, 0.1) is 0 Å². The Kier molecular flexibility index (Phi) is 5.77. The van der Waals surface area contributed by atoms with Gasteiger partial charge < -0.3 is 0 Å². The second-order valence-corrected chi connectivity index (χ2v) is 5.14. The van der Waals surface area contributed by atoms with Crippen LogP contribution < -0.4 is 0 Å². The molecular weight excluding hydrogens is 230 g/mol. The van der Waals surface area contributed by atoms with E-state index in [-0.39, 0.29) is 5.56 Å². The third-order valence-electron chi connectivity index (χ3n) is 3.41. The number of rotatable bonds is 7. The van der Waals surface area contributed by atoms with Gasteiger partial charge >= 0.3 is 0 Å². The molecule has 1 rings (SSSR count). The summed E-state index contributed by atoms with van der Waals surface area (Å²) in [5, 5.41) is 0. The summed E-state index contributed by atoms with van der Waals surface area (Å²) < 4.78 is 26.7. The first kappa shape index (κ1) is 15.1. The highest BCUT2D eigenvalue weighted by Crippen LogP contribution is 2.32. The predicted molar refractivity (Wildman–Crippen MR) is 73.2 cm³/mol. The van der Waals surface area contributed by atoms with Crippen molar-refractivity contribution in [1.29, 1.82) is 0 Å². The Morgan fingerprint density at radius 1 is 1.11 bits per heavy atom.